The van der Waals surface area contributed by atoms with Crippen LogP contribution in [-0.4, -0.2) is 121 Å². The predicted octanol–water partition coefficient (Wildman–Crippen LogP) is 20.2. The molecule has 0 bridgehead atoms. The van der Waals surface area contributed by atoms with E-state index in [1.807, 2.05) is 12.1 Å². The molecule has 5 aromatic rings. The second-order valence-corrected chi connectivity index (χ2v) is 106. The summed E-state index contributed by atoms with van der Waals surface area (Å²) in [4.78, 5) is 27.1. The summed E-state index contributed by atoms with van der Waals surface area (Å²) in [5.74, 6) is 3.08. The average Bonchev–Trinajstić information content (AvgIpc) is 3.57. The van der Waals surface area contributed by atoms with E-state index >= 15 is 0 Å². The predicted molar refractivity (Wildman–Crippen MR) is 386 cm³/mol. The van der Waals surface area contributed by atoms with E-state index in [1.165, 1.54) is 80.2 Å². The van der Waals surface area contributed by atoms with E-state index in [2.05, 4.69) is 245 Å². The van der Waals surface area contributed by atoms with Crippen molar-refractivity contribution in [3.63, 3.8) is 0 Å². The molecule has 454 valence electrons. The fourth-order valence-corrected chi connectivity index (χ4v) is 74.2. The number of ether oxygens (including phenoxy) is 3. The Bertz CT molecular complexity index is 2370. The number of para-hydroxylation sites is 1. The molecule has 0 unspecified atom stereocenters. The van der Waals surface area contributed by atoms with Crippen molar-refractivity contribution < 1.29 is 14.2 Å². The summed E-state index contributed by atoms with van der Waals surface area (Å²) in [5, 5.41) is 0. The van der Waals surface area contributed by atoms with Gasteiger partial charge in [0.2, 0.25) is 0 Å². The van der Waals surface area contributed by atoms with Gasteiger partial charge in [0.1, 0.15) is 0 Å². The van der Waals surface area contributed by atoms with Gasteiger partial charge in [0.15, 0.2) is 0 Å². The molecule has 0 aromatic heterocycles. The van der Waals surface area contributed by atoms with Gasteiger partial charge >= 0.3 is 531 Å². The van der Waals surface area contributed by atoms with Crippen molar-refractivity contribution in [2.75, 3.05) is 21.3 Å². The first-order valence-electron chi connectivity index (χ1n) is 31.7. The Balaban J connectivity index is 0.000000515. The van der Waals surface area contributed by atoms with Crippen molar-refractivity contribution in [3.05, 3.63) is 146 Å². The first kappa shape index (κ1) is 78.5. The fourth-order valence-electron chi connectivity index (χ4n) is 11.8. The van der Waals surface area contributed by atoms with Gasteiger partial charge < -0.3 is 0 Å². The zero-order chi connectivity index (χ0) is 61.5. The summed E-state index contributed by atoms with van der Waals surface area (Å²) in [5.41, 5.74) is 4.16. The Labute approximate surface area is 524 Å². The van der Waals surface area contributed by atoms with Gasteiger partial charge in [-0.15, -0.1) is 0 Å². The van der Waals surface area contributed by atoms with E-state index in [-0.39, 0.29) is 0 Å². The number of rotatable bonds is 27. The molecule has 0 amide bonds. The van der Waals surface area contributed by atoms with Crippen LogP contribution in [0.4, 0.5) is 0 Å². The Morgan fingerprint density at radius 2 is 0.889 bits per heavy atom. The maximum absolute atomic E-state index is 5.50. The maximum atomic E-state index is 5.50. The summed E-state index contributed by atoms with van der Waals surface area (Å²) in [6, 6.07) is 46.8. The van der Waals surface area contributed by atoms with Crippen LogP contribution in [-0.2, 0) is 6.42 Å². The van der Waals surface area contributed by atoms with Crippen molar-refractivity contribution in [2.24, 2.45) is 0 Å². The fraction of sp³-hybridized carbons (Fsp3) is 0.556. The van der Waals surface area contributed by atoms with Gasteiger partial charge in [-0.1, -0.05) is 0 Å². The van der Waals surface area contributed by atoms with Gasteiger partial charge in [0.25, 0.3) is 0 Å². The van der Waals surface area contributed by atoms with E-state index in [4.69, 9.17) is 14.2 Å². The number of unbranched alkanes of at least 4 members (excludes halogenated alkanes) is 5. The number of hydrogen-bond acceptors (Lipinski definition) is 3. The third kappa shape index (κ3) is 28.4. The zero-order valence-electron chi connectivity index (χ0n) is 56.8. The minimum atomic E-state index is -2.24. The van der Waals surface area contributed by atoms with Crippen molar-refractivity contribution >= 4 is 118 Å². The second-order valence-electron chi connectivity index (χ2n) is 27.7. The second kappa shape index (κ2) is 40.1. The molecule has 0 saturated heterocycles. The van der Waals surface area contributed by atoms with E-state index in [0.717, 1.165) is 40.3 Å². The Kier molecular flexibility index (Phi) is 38.8. The molecule has 3 nitrogen and oxygen atoms in total. The van der Waals surface area contributed by atoms with Crippen LogP contribution in [0.5, 0.6) is 17.2 Å². The van der Waals surface area contributed by atoms with E-state index < -0.39 is 100.0 Å². The molecule has 0 fully saturated rings. The van der Waals surface area contributed by atoms with Crippen molar-refractivity contribution in [1.29, 1.82) is 0 Å². The molecule has 0 saturated carbocycles. The topological polar surface area (TPSA) is 27.7 Å². The van der Waals surface area contributed by atoms with Crippen molar-refractivity contribution in [1.82, 2.24) is 0 Å². The number of allylic oxidation sites excluding steroid dienone is 1. The molecule has 9 heteroatoms. The molecular weight excluding hydrogens is 1530 g/mol. The molecular formula is C72H124O3SiSn5. The van der Waals surface area contributed by atoms with Crippen LogP contribution in [0.2, 0.25) is 88.3 Å². The Hall–Kier alpha value is -0.550. The molecule has 0 aliphatic rings. The van der Waals surface area contributed by atoms with Crippen LogP contribution in [0.3, 0.4) is 0 Å². The molecule has 0 radical (unpaired) electrons. The minimum absolute atomic E-state index is 0.891. The van der Waals surface area contributed by atoms with Gasteiger partial charge in [0, 0.05) is 0 Å². The van der Waals surface area contributed by atoms with Gasteiger partial charge in [-0.25, -0.2) is 0 Å². The van der Waals surface area contributed by atoms with E-state index in [1.54, 1.807) is 39.7 Å². The summed E-state index contributed by atoms with van der Waals surface area (Å²) in [7, 11) is 3.99. The SMILES string of the molecule is C=CCCCCc1cc[c]([Sn]([CH3])([CH3])[CH3])cc1.CC(C)[Si]([CH2][Sn]([CH3])([CH3])[c]1ccccc1)(C(C)C)C(C)C.CCC[CH2][Sn]([CH2]CCC)([CH2]CCC)[c]1cccc(OC)c1.COc1cc[c]([Sn]([CH3])([CH3])[CH3])cc1.COc1cccc[c]1[Sn]([CH3])([CH3])[CH3]. The molecule has 0 heterocycles. The third-order valence-corrected chi connectivity index (χ3v) is 76.4. The molecule has 81 heavy (non-hydrogen) atoms. The standard InChI is InChI=1S/C12H15.C10H23Si.3C7H7O.C6H5.3C4H9.11CH3.5Sn/c1-2-3-4-6-9-12-10-7-5-8-11-12;1-8(2)11(7,9(3)4)10(5)6;3*1-8-7-5-3-2-4-6-7;1-2-4-6-5-3-1;3*1-3-4-2;;;;;;;;;;;;;;;;/h2,7-8,10-11H,1,3-4,6,9H2;8-10H,7H2,1-6H3;3-6H,1H3;2-3,5-6H,1H3;2-5H,1H3;1-5H;3*1,3-4H2,2H3;11*1H3;;;;;. The molecule has 0 spiro atoms. The van der Waals surface area contributed by atoms with Crippen molar-refractivity contribution in [2.45, 2.75) is 215 Å². The number of methoxy groups -OCH3 is 3. The quantitative estimate of drug-likeness (QED) is 0.0298. The van der Waals surface area contributed by atoms with Crippen LogP contribution in [0.25, 0.3) is 0 Å². The molecule has 0 aliphatic carbocycles. The van der Waals surface area contributed by atoms with Crippen LogP contribution < -0.4 is 32.1 Å². The Morgan fingerprint density at radius 3 is 1.28 bits per heavy atom. The van der Waals surface area contributed by atoms with Crippen LogP contribution >= 0.6 is 0 Å². The monoisotopic (exact) mass is 1660 g/mol. The van der Waals surface area contributed by atoms with Gasteiger partial charge in [-0.3, -0.25) is 0 Å². The van der Waals surface area contributed by atoms with E-state index in [9.17, 15) is 0 Å². The van der Waals surface area contributed by atoms with Crippen LogP contribution in [0.1, 0.15) is 126 Å². The normalized spacial score (nSPS) is 12.0. The van der Waals surface area contributed by atoms with Crippen LogP contribution in [0, 0.1) is 0 Å². The summed E-state index contributed by atoms with van der Waals surface area (Å²) >= 11 is -9.99. The summed E-state index contributed by atoms with van der Waals surface area (Å²) in [6.45, 7) is 25.8. The summed E-state index contributed by atoms with van der Waals surface area (Å²) in [6.07, 6.45) is 15.2. The number of aryl methyl sites for hydroxylation is 1. The van der Waals surface area contributed by atoms with Crippen LogP contribution in [0.15, 0.2) is 140 Å². The Morgan fingerprint density at radius 1 is 0.444 bits per heavy atom. The first-order chi connectivity index (χ1) is 38.0. The van der Waals surface area contributed by atoms with Gasteiger partial charge in [-0.2, -0.15) is 0 Å². The molecule has 0 atom stereocenters. The molecule has 0 aliphatic heterocycles. The van der Waals surface area contributed by atoms with E-state index in [0.29, 0.717) is 0 Å². The average molecular weight is 1660 g/mol. The molecule has 5 aromatic carbocycles. The molecule has 0 N–H and O–H groups in total. The first-order valence-corrected chi connectivity index (χ1v) is 80.7. The third-order valence-electron chi connectivity index (χ3n) is 17.1. The zero-order valence-corrected chi connectivity index (χ0v) is 72.0. The number of benzene rings is 5. The van der Waals surface area contributed by atoms with Gasteiger partial charge in [-0.05, 0) is 0 Å². The van der Waals surface area contributed by atoms with Gasteiger partial charge in [0.05, 0.1) is 0 Å². The number of hydrogen-bond donors (Lipinski definition) is 0. The molecule has 5 rings (SSSR count). The summed E-state index contributed by atoms with van der Waals surface area (Å²) < 4.78 is 30.2. The van der Waals surface area contributed by atoms with Crippen molar-refractivity contribution in [3.8, 4) is 17.2 Å².